The van der Waals surface area contributed by atoms with Gasteiger partial charge in [0.25, 0.3) is 5.91 Å². The summed E-state index contributed by atoms with van der Waals surface area (Å²) >= 11 is 6.13. The number of hydrogen-bond donors (Lipinski definition) is 2. The van der Waals surface area contributed by atoms with E-state index >= 15 is 0 Å². The van der Waals surface area contributed by atoms with Crippen LogP contribution < -0.4 is 5.32 Å². The molecule has 0 saturated carbocycles. The van der Waals surface area contributed by atoms with Crippen LogP contribution in [-0.4, -0.2) is 20.9 Å². The van der Waals surface area contributed by atoms with E-state index in [0.717, 1.165) is 33.1 Å². The van der Waals surface area contributed by atoms with Crippen molar-refractivity contribution in [3.8, 4) is 11.3 Å². The Morgan fingerprint density at radius 2 is 1.79 bits per heavy atom. The number of fused-ring (bicyclic) bond motifs is 2. The fourth-order valence-corrected chi connectivity index (χ4v) is 3.66. The van der Waals surface area contributed by atoms with Gasteiger partial charge >= 0.3 is 0 Å². The van der Waals surface area contributed by atoms with Crippen LogP contribution in [0.4, 0.5) is 5.69 Å². The lowest BCUT2D eigenvalue weighted by Gasteiger charge is -2.10. The maximum atomic E-state index is 12.9. The van der Waals surface area contributed by atoms with E-state index in [0.29, 0.717) is 11.3 Å². The van der Waals surface area contributed by atoms with Gasteiger partial charge in [-0.3, -0.25) is 4.79 Å². The molecule has 0 aliphatic heterocycles. The van der Waals surface area contributed by atoms with E-state index in [4.69, 9.17) is 11.6 Å². The molecule has 2 aromatic heterocycles. The molecule has 5 nitrogen and oxygen atoms in total. The lowest BCUT2D eigenvalue weighted by molar-refractivity contribution is 0.102. The molecule has 0 aliphatic rings. The summed E-state index contributed by atoms with van der Waals surface area (Å²) in [5, 5.41) is 5.06. The van der Waals surface area contributed by atoms with E-state index in [1.165, 1.54) is 0 Å². The highest BCUT2D eigenvalue weighted by Gasteiger charge is 2.13. The van der Waals surface area contributed by atoms with Crippen molar-refractivity contribution in [3.63, 3.8) is 0 Å². The quantitative estimate of drug-likeness (QED) is 0.384. The van der Waals surface area contributed by atoms with E-state index in [9.17, 15) is 4.79 Å². The van der Waals surface area contributed by atoms with E-state index in [1.54, 1.807) is 6.07 Å². The number of anilines is 1. The maximum absolute atomic E-state index is 12.9. The van der Waals surface area contributed by atoms with Crippen molar-refractivity contribution in [2.75, 3.05) is 5.32 Å². The highest BCUT2D eigenvalue weighted by Crippen LogP contribution is 2.29. The molecule has 0 aliphatic carbocycles. The van der Waals surface area contributed by atoms with Crippen LogP contribution in [0.25, 0.3) is 33.1 Å². The van der Waals surface area contributed by atoms with Gasteiger partial charge in [0.15, 0.2) is 0 Å². The summed E-state index contributed by atoms with van der Waals surface area (Å²) in [5.74, 6) is -0.180. The number of nitrogens with one attached hydrogen (secondary N) is 2. The second-order valence-corrected chi connectivity index (χ2v) is 6.98. The molecule has 2 heterocycles. The standard InChI is InChI=1S/C23H15ClN4O/c24-23-27-19-10-2-1-8-17(19)21(28-23)15-6-3-7-16(13-15)26-22(29)18-9-4-5-14-11-12-25-20(14)18/h1-13,25H,(H,26,29). The molecule has 140 valence electrons. The van der Waals surface area contributed by atoms with Gasteiger partial charge in [-0.05, 0) is 41.9 Å². The van der Waals surface area contributed by atoms with Crippen molar-refractivity contribution in [1.82, 2.24) is 15.0 Å². The van der Waals surface area contributed by atoms with Crippen LogP contribution in [-0.2, 0) is 0 Å². The van der Waals surface area contributed by atoms with Gasteiger partial charge in [-0.2, -0.15) is 0 Å². The van der Waals surface area contributed by atoms with Gasteiger partial charge in [0, 0.05) is 28.2 Å². The van der Waals surface area contributed by atoms with E-state index in [1.807, 2.05) is 72.9 Å². The fraction of sp³-hybridized carbons (Fsp3) is 0. The first kappa shape index (κ1) is 17.4. The Bertz CT molecular complexity index is 1380. The monoisotopic (exact) mass is 398 g/mol. The van der Waals surface area contributed by atoms with E-state index in [2.05, 4.69) is 20.3 Å². The zero-order chi connectivity index (χ0) is 19.8. The Balaban J connectivity index is 1.53. The summed E-state index contributed by atoms with van der Waals surface area (Å²) in [4.78, 5) is 24.7. The Kier molecular flexibility index (Phi) is 4.22. The van der Waals surface area contributed by atoms with Crippen molar-refractivity contribution >= 4 is 45.0 Å². The van der Waals surface area contributed by atoms with Gasteiger partial charge in [-0.1, -0.05) is 42.5 Å². The molecule has 0 saturated heterocycles. The number of H-pyrrole nitrogens is 1. The molecule has 0 bridgehead atoms. The average Bonchev–Trinajstić information content (AvgIpc) is 3.22. The SMILES string of the molecule is O=C(Nc1cccc(-c2nc(Cl)nc3ccccc23)c1)c1cccc2cc[nH]c12. The molecular weight excluding hydrogens is 384 g/mol. The molecule has 0 radical (unpaired) electrons. The summed E-state index contributed by atoms with van der Waals surface area (Å²) in [7, 11) is 0. The van der Waals surface area contributed by atoms with Crippen LogP contribution in [0.1, 0.15) is 10.4 Å². The Morgan fingerprint density at radius 1 is 0.931 bits per heavy atom. The highest BCUT2D eigenvalue weighted by molar-refractivity contribution is 6.28. The predicted octanol–water partition coefficient (Wildman–Crippen LogP) is 5.68. The topological polar surface area (TPSA) is 70.7 Å². The Morgan fingerprint density at radius 3 is 2.72 bits per heavy atom. The van der Waals surface area contributed by atoms with Crippen LogP contribution in [0, 0.1) is 0 Å². The number of benzene rings is 3. The third kappa shape index (κ3) is 3.22. The number of para-hydroxylation sites is 2. The summed E-state index contributed by atoms with van der Waals surface area (Å²) < 4.78 is 0. The van der Waals surface area contributed by atoms with Crippen molar-refractivity contribution in [2.45, 2.75) is 0 Å². The van der Waals surface area contributed by atoms with Crippen LogP contribution >= 0.6 is 11.6 Å². The van der Waals surface area contributed by atoms with E-state index in [-0.39, 0.29) is 11.2 Å². The van der Waals surface area contributed by atoms with E-state index < -0.39 is 0 Å². The smallest absolute Gasteiger partial charge is 0.257 e. The summed E-state index contributed by atoms with van der Waals surface area (Å²) in [5.41, 5.74) is 4.43. The maximum Gasteiger partial charge on any atom is 0.257 e. The minimum absolute atomic E-state index is 0.180. The van der Waals surface area contributed by atoms with Crippen molar-refractivity contribution < 1.29 is 4.79 Å². The van der Waals surface area contributed by atoms with Gasteiger partial charge in [-0.25, -0.2) is 9.97 Å². The number of halogens is 1. The zero-order valence-electron chi connectivity index (χ0n) is 15.2. The van der Waals surface area contributed by atoms with Gasteiger partial charge in [0.1, 0.15) is 0 Å². The largest absolute Gasteiger partial charge is 0.361 e. The van der Waals surface area contributed by atoms with Crippen LogP contribution in [0.2, 0.25) is 5.28 Å². The minimum atomic E-state index is -0.180. The average molecular weight is 399 g/mol. The number of hydrogen-bond acceptors (Lipinski definition) is 3. The molecule has 0 atom stereocenters. The summed E-state index contributed by atoms with van der Waals surface area (Å²) in [6.07, 6.45) is 1.83. The number of aromatic nitrogens is 3. The second-order valence-electron chi connectivity index (χ2n) is 6.64. The normalized spacial score (nSPS) is 11.1. The first-order valence-electron chi connectivity index (χ1n) is 9.09. The molecule has 2 N–H and O–H groups in total. The zero-order valence-corrected chi connectivity index (χ0v) is 15.9. The first-order valence-corrected chi connectivity index (χ1v) is 9.47. The second kappa shape index (κ2) is 7.04. The summed E-state index contributed by atoms with van der Waals surface area (Å²) in [6, 6.07) is 22.8. The molecule has 0 unspecified atom stereocenters. The molecule has 29 heavy (non-hydrogen) atoms. The number of rotatable bonds is 3. The molecule has 1 amide bonds. The Labute approximate surface area is 171 Å². The predicted molar refractivity (Wildman–Crippen MR) is 116 cm³/mol. The molecule has 6 heteroatoms. The van der Waals surface area contributed by atoms with Gasteiger partial charge in [0.05, 0.1) is 22.3 Å². The van der Waals surface area contributed by atoms with Crippen LogP contribution in [0.5, 0.6) is 0 Å². The van der Waals surface area contributed by atoms with Crippen LogP contribution in [0.3, 0.4) is 0 Å². The molecule has 5 aromatic rings. The highest BCUT2D eigenvalue weighted by atomic mass is 35.5. The number of carbonyl (C=O) groups excluding carboxylic acids is 1. The molecule has 0 spiro atoms. The minimum Gasteiger partial charge on any atom is -0.361 e. The summed E-state index contributed by atoms with van der Waals surface area (Å²) in [6.45, 7) is 0. The first-order chi connectivity index (χ1) is 14.2. The van der Waals surface area contributed by atoms with Crippen molar-refractivity contribution in [2.24, 2.45) is 0 Å². The lowest BCUT2D eigenvalue weighted by Crippen LogP contribution is -2.12. The molecule has 0 fully saturated rings. The van der Waals surface area contributed by atoms with Crippen molar-refractivity contribution in [1.29, 1.82) is 0 Å². The number of amides is 1. The van der Waals surface area contributed by atoms with Crippen LogP contribution in [0.15, 0.2) is 79.0 Å². The molecule has 3 aromatic carbocycles. The fourth-order valence-electron chi connectivity index (χ4n) is 3.49. The molecule has 5 rings (SSSR count). The third-order valence-electron chi connectivity index (χ3n) is 4.80. The number of nitrogens with zero attached hydrogens (tertiary/aromatic N) is 2. The molecular formula is C23H15ClN4O. The Hall–Kier alpha value is -3.70. The lowest BCUT2D eigenvalue weighted by atomic mass is 10.1. The van der Waals surface area contributed by atoms with Gasteiger partial charge in [0.2, 0.25) is 5.28 Å². The van der Waals surface area contributed by atoms with Gasteiger partial charge in [-0.15, -0.1) is 0 Å². The number of carbonyl (C=O) groups is 1. The van der Waals surface area contributed by atoms with Gasteiger partial charge < -0.3 is 10.3 Å². The number of aromatic amines is 1. The third-order valence-corrected chi connectivity index (χ3v) is 4.97. The van der Waals surface area contributed by atoms with Crippen molar-refractivity contribution in [3.05, 3.63) is 89.8 Å².